The van der Waals surface area contributed by atoms with Crippen LogP contribution >= 0.6 is 20.8 Å². The predicted octanol–water partition coefficient (Wildman–Crippen LogP) is 4.78. The van der Waals surface area contributed by atoms with E-state index in [1.54, 1.807) is 6.07 Å². The number of hydrogen-bond acceptors (Lipinski definition) is 0. The molecule has 0 N–H and O–H groups in total. The molecule has 0 bridgehead atoms. The summed E-state index contributed by atoms with van der Waals surface area (Å²) in [6, 6.07) is 4.60. The first-order chi connectivity index (χ1) is 7.39. The fourth-order valence-corrected chi connectivity index (χ4v) is 2.66. The lowest BCUT2D eigenvalue weighted by Gasteiger charge is -2.35. The molecule has 1 aromatic carbocycles. The molecule has 3 atom stereocenters. The predicted molar refractivity (Wildman–Crippen MR) is 66.2 cm³/mol. The molecule has 0 aromatic heterocycles. The van der Waals surface area contributed by atoms with Gasteiger partial charge in [-0.15, -0.1) is 0 Å². The van der Waals surface area contributed by atoms with E-state index in [4.69, 9.17) is 11.6 Å². The Labute approximate surface area is 102 Å². The standard InChI is InChI=1S/C12H14ClF2P/c1-7-2-4-9(7)10-5-3-8(6-11(10)13)12(14,15)16/h3,5-7,9H,2,4,16H2,1H3/t7-,9+/m1/s1. The second-order valence-corrected chi connectivity index (χ2v) is 5.65. The first-order valence-electron chi connectivity index (χ1n) is 5.36. The Morgan fingerprint density at radius 1 is 1.38 bits per heavy atom. The SMILES string of the molecule is C[C@@H]1CC[C@@H]1c1ccc(C(F)(F)P)cc1Cl. The molecule has 0 spiro atoms. The second-order valence-electron chi connectivity index (χ2n) is 4.52. The van der Waals surface area contributed by atoms with Crippen molar-refractivity contribution in [2.75, 3.05) is 0 Å². The molecule has 1 aromatic rings. The highest BCUT2D eigenvalue weighted by Crippen LogP contribution is 2.46. The molecule has 1 fully saturated rings. The molecule has 1 aliphatic carbocycles. The molecule has 1 unspecified atom stereocenters. The monoisotopic (exact) mass is 262 g/mol. The third-order valence-electron chi connectivity index (χ3n) is 3.40. The van der Waals surface area contributed by atoms with Gasteiger partial charge in [0.1, 0.15) is 0 Å². The summed E-state index contributed by atoms with van der Waals surface area (Å²) in [5, 5.41) is 0.469. The van der Waals surface area contributed by atoms with Crippen LogP contribution in [0, 0.1) is 5.92 Å². The average Bonchev–Trinajstić information content (AvgIpc) is 2.17. The van der Waals surface area contributed by atoms with Crippen LogP contribution in [0.15, 0.2) is 18.2 Å². The van der Waals surface area contributed by atoms with Crippen LogP contribution in [0.1, 0.15) is 36.8 Å². The minimum absolute atomic E-state index is 0.0433. The molecular weight excluding hydrogens is 249 g/mol. The van der Waals surface area contributed by atoms with E-state index in [9.17, 15) is 8.78 Å². The van der Waals surface area contributed by atoms with Crippen LogP contribution < -0.4 is 0 Å². The van der Waals surface area contributed by atoms with Gasteiger partial charge in [-0.2, -0.15) is 8.78 Å². The van der Waals surface area contributed by atoms with Crippen LogP contribution in [-0.4, -0.2) is 0 Å². The zero-order valence-electron chi connectivity index (χ0n) is 9.01. The molecule has 1 saturated carbocycles. The van der Waals surface area contributed by atoms with Crippen LogP contribution in [0.4, 0.5) is 8.78 Å². The maximum Gasteiger partial charge on any atom is 0.283 e. The van der Waals surface area contributed by atoms with E-state index in [1.807, 2.05) is 0 Å². The molecule has 0 amide bonds. The minimum Gasteiger partial charge on any atom is -0.197 e. The molecule has 0 radical (unpaired) electrons. The largest absolute Gasteiger partial charge is 0.283 e. The normalized spacial score (nSPS) is 25.3. The van der Waals surface area contributed by atoms with Gasteiger partial charge in [-0.25, -0.2) is 0 Å². The molecule has 88 valence electrons. The van der Waals surface area contributed by atoms with E-state index >= 15 is 0 Å². The molecule has 16 heavy (non-hydrogen) atoms. The summed E-state index contributed by atoms with van der Waals surface area (Å²) in [5.41, 5.74) is -1.93. The maximum atomic E-state index is 13.0. The highest BCUT2D eigenvalue weighted by Gasteiger charge is 2.31. The van der Waals surface area contributed by atoms with Gasteiger partial charge in [-0.05, 0) is 36.3 Å². The van der Waals surface area contributed by atoms with E-state index in [0.717, 1.165) is 12.0 Å². The summed E-state index contributed by atoms with van der Waals surface area (Å²) in [6.45, 7) is 2.17. The molecule has 0 heterocycles. The molecule has 0 saturated heterocycles. The van der Waals surface area contributed by atoms with Crippen molar-refractivity contribution in [1.29, 1.82) is 0 Å². The van der Waals surface area contributed by atoms with Crippen molar-refractivity contribution in [3.63, 3.8) is 0 Å². The highest BCUT2D eigenvalue weighted by molar-refractivity contribution is 7.17. The summed E-state index contributed by atoms with van der Waals surface area (Å²) in [5.74, 6) is 1.06. The Hall–Kier alpha value is -0.200. The van der Waals surface area contributed by atoms with E-state index in [2.05, 4.69) is 6.92 Å². The lowest BCUT2D eigenvalue weighted by molar-refractivity contribution is 0.104. The fourth-order valence-electron chi connectivity index (χ4n) is 2.16. The summed E-state index contributed by atoms with van der Waals surface area (Å²) in [6.07, 6.45) is 2.31. The Morgan fingerprint density at radius 3 is 2.44 bits per heavy atom. The Morgan fingerprint density at radius 2 is 2.06 bits per heavy atom. The summed E-state index contributed by atoms with van der Waals surface area (Å²) in [4.78, 5) is 0. The zero-order valence-corrected chi connectivity index (χ0v) is 10.9. The molecule has 2 rings (SSSR count). The van der Waals surface area contributed by atoms with Gasteiger partial charge >= 0.3 is 0 Å². The Kier molecular flexibility index (Phi) is 3.25. The van der Waals surface area contributed by atoms with Crippen molar-refractivity contribution in [2.45, 2.75) is 31.3 Å². The van der Waals surface area contributed by atoms with Gasteiger partial charge in [0.25, 0.3) is 5.66 Å². The van der Waals surface area contributed by atoms with Gasteiger partial charge in [0, 0.05) is 10.6 Å². The summed E-state index contributed by atoms with van der Waals surface area (Å²) < 4.78 is 26.1. The highest BCUT2D eigenvalue weighted by atomic mass is 35.5. The number of alkyl halides is 2. The second kappa shape index (κ2) is 4.23. The summed E-state index contributed by atoms with van der Waals surface area (Å²) in [7, 11) is 1.53. The van der Waals surface area contributed by atoms with Crippen molar-refractivity contribution >= 4 is 20.8 Å². The van der Waals surface area contributed by atoms with Crippen molar-refractivity contribution in [3.05, 3.63) is 34.3 Å². The van der Waals surface area contributed by atoms with Gasteiger partial charge in [-0.1, -0.05) is 39.9 Å². The van der Waals surface area contributed by atoms with Crippen molar-refractivity contribution in [1.82, 2.24) is 0 Å². The first kappa shape index (κ1) is 12.3. The average molecular weight is 263 g/mol. The number of halogens is 3. The molecular formula is C12H14ClF2P. The van der Waals surface area contributed by atoms with Crippen LogP contribution in [0.5, 0.6) is 0 Å². The zero-order chi connectivity index (χ0) is 11.9. The van der Waals surface area contributed by atoms with Crippen LogP contribution in [0.25, 0.3) is 0 Å². The third kappa shape index (κ3) is 2.24. The number of benzene rings is 1. The van der Waals surface area contributed by atoms with Crippen molar-refractivity contribution in [3.8, 4) is 0 Å². The van der Waals surface area contributed by atoms with E-state index < -0.39 is 5.66 Å². The van der Waals surface area contributed by atoms with Crippen molar-refractivity contribution in [2.24, 2.45) is 5.92 Å². The number of hydrogen-bond donors (Lipinski definition) is 0. The summed E-state index contributed by atoms with van der Waals surface area (Å²) >= 11 is 6.07. The number of rotatable bonds is 2. The van der Waals surface area contributed by atoms with Crippen LogP contribution in [0.2, 0.25) is 5.02 Å². The maximum absolute atomic E-state index is 13.0. The molecule has 1 aliphatic rings. The van der Waals surface area contributed by atoms with Gasteiger partial charge in [-0.3, -0.25) is 0 Å². The topological polar surface area (TPSA) is 0 Å². The van der Waals surface area contributed by atoms with Gasteiger partial charge in [0.15, 0.2) is 0 Å². The van der Waals surface area contributed by atoms with Crippen LogP contribution in [-0.2, 0) is 5.66 Å². The fraction of sp³-hybridized carbons (Fsp3) is 0.500. The minimum atomic E-state index is -2.90. The quantitative estimate of drug-likeness (QED) is 0.673. The third-order valence-corrected chi connectivity index (χ3v) is 4.07. The van der Waals surface area contributed by atoms with E-state index in [1.165, 1.54) is 27.8 Å². The van der Waals surface area contributed by atoms with Gasteiger partial charge in [0.05, 0.1) is 0 Å². The smallest absolute Gasteiger partial charge is 0.197 e. The lowest BCUT2D eigenvalue weighted by atomic mass is 9.71. The van der Waals surface area contributed by atoms with E-state index in [-0.39, 0.29) is 5.56 Å². The Balaban J connectivity index is 2.30. The molecule has 0 nitrogen and oxygen atoms in total. The lowest BCUT2D eigenvalue weighted by Crippen LogP contribution is -2.21. The van der Waals surface area contributed by atoms with Crippen molar-refractivity contribution < 1.29 is 8.78 Å². The van der Waals surface area contributed by atoms with Crippen LogP contribution in [0.3, 0.4) is 0 Å². The first-order valence-corrected chi connectivity index (χ1v) is 6.31. The molecule has 4 heteroatoms. The van der Waals surface area contributed by atoms with E-state index in [0.29, 0.717) is 16.9 Å². The van der Waals surface area contributed by atoms with Gasteiger partial charge in [0.2, 0.25) is 0 Å². The molecule has 0 aliphatic heterocycles. The Bertz CT molecular complexity index is 400. The van der Waals surface area contributed by atoms with Gasteiger partial charge < -0.3 is 0 Å².